The Hall–Kier alpha value is -2.39. The Morgan fingerprint density at radius 1 is 1.21 bits per heavy atom. The van der Waals surface area contributed by atoms with E-state index in [1.165, 1.54) is 16.2 Å². The Kier molecular flexibility index (Phi) is 5.21. The lowest BCUT2D eigenvalue weighted by Crippen LogP contribution is -2.39. The van der Waals surface area contributed by atoms with Gasteiger partial charge in [0.2, 0.25) is 11.8 Å². The van der Waals surface area contributed by atoms with Gasteiger partial charge in [0, 0.05) is 35.0 Å². The van der Waals surface area contributed by atoms with Gasteiger partial charge < -0.3 is 10.1 Å². The molecule has 4 heterocycles. The highest BCUT2D eigenvalue weighted by atomic mass is 35.5. The number of aryl methyl sites for hydroxylation is 1. The van der Waals surface area contributed by atoms with Gasteiger partial charge in [-0.3, -0.25) is 14.5 Å². The van der Waals surface area contributed by atoms with Crippen LogP contribution in [0.15, 0.2) is 24.5 Å². The van der Waals surface area contributed by atoms with Gasteiger partial charge in [-0.2, -0.15) is 0 Å². The number of halogens is 1. The van der Waals surface area contributed by atoms with Crippen molar-refractivity contribution >= 4 is 45.0 Å². The van der Waals surface area contributed by atoms with Crippen molar-refractivity contribution in [2.75, 3.05) is 19.7 Å². The predicted molar refractivity (Wildman–Crippen MR) is 126 cm³/mol. The van der Waals surface area contributed by atoms with Crippen molar-refractivity contribution in [3.05, 3.63) is 45.6 Å². The van der Waals surface area contributed by atoms with E-state index in [1.54, 1.807) is 6.33 Å². The summed E-state index contributed by atoms with van der Waals surface area (Å²) in [5, 5.41) is 4.05. The molecule has 2 aromatic heterocycles. The molecule has 0 spiro atoms. The number of likely N-dealkylation sites (tertiary alicyclic amines) is 1. The summed E-state index contributed by atoms with van der Waals surface area (Å²) in [4.78, 5) is 36.3. The number of carbonyl (C=O) groups excluding carboxylic acids is 2. The van der Waals surface area contributed by atoms with Crippen molar-refractivity contribution < 1.29 is 14.3 Å². The first kappa shape index (κ1) is 21.2. The summed E-state index contributed by atoms with van der Waals surface area (Å²) in [5.41, 5.74) is 4.87. The summed E-state index contributed by atoms with van der Waals surface area (Å²) in [7, 11) is 0. The molecule has 3 atom stereocenters. The Morgan fingerprint density at radius 3 is 2.79 bits per heavy atom. The minimum Gasteiger partial charge on any atom is -0.375 e. The van der Waals surface area contributed by atoms with Crippen LogP contribution in [-0.4, -0.2) is 52.5 Å². The SMILES string of the molecule is Cc1cc(Cl)cc(-c2ncnc3cc(CN4C(=O)C5CC5C4=O)sc23)c1C[C@H]1CNCCO1. The van der Waals surface area contributed by atoms with Gasteiger partial charge in [0.25, 0.3) is 0 Å². The Labute approximate surface area is 200 Å². The molecule has 33 heavy (non-hydrogen) atoms. The molecular weight excluding hydrogens is 460 g/mol. The van der Waals surface area contributed by atoms with Crippen LogP contribution in [0, 0.1) is 18.8 Å². The van der Waals surface area contributed by atoms with Crippen molar-refractivity contribution in [1.82, 2.24) is 20.2 Å². The fourth-order valence-corrected chi connectivity index (χ4v) is 6.34. The third-order valence-electron chi connectivity index (χ3n) is 6.76. The van der Waals surface area contributed by atoms with Gasteiger partial charge >= 0.3 is 0 Å². The number of amides is 2. The lowest BCUT2D eigenvalue weighted by atomic mass is 9.94. The van der Waals surface area contributed by atoms with Crippen molar-refractivity contribution in [2.24, 2.45) is 11.8 Å². The molecule has 2 aliphatic heterocycles. The van der Waals surface area contributed by atoms with E-state index in [-0.39, 0.29) is 29.8 Å². The zero-order valence-corrected chi connectivity index (χ0v) is 19.7. The molecule has 2 amide bonds. The van der Waals surface area contributed by atoms with E-state index in [4.69, 9.17) is 16.3 Å². The second-order valence-electron chi connectivity index (χ2n) is 9.01. The monoisotopic (exact) mass is 482 g/mol. The molecule has 1 saturated carbocycles. The largest absolute Gasteiger partial charge is 0.375 e. The number of piperidine rings is 1. The summed E-state index contributed by atoms with van der Waals surface area (Å²) in [6, 6.07) is 5.90. The molecule has 3 aliphatic rings. The highest BCUT2D eigenvalue weighted by Crippen LogP contribution is 2.48. The Bertz CT molecular complexity index is 1270. The van der Waals surface area contributed by atoms with E-state index in [0.717, 1.165) is 57.0 Å². The normalized spacial score (nSPS) is 24.5. The zero-order valence-electron chi connectivity index (χ0n) is 18.1. The summed E-state index contributed by atoms with van der Waals surface area (Å²) >= 11 is 8.00. The lowest BCUT2D eigenvalue weighted by Gasteiger charge is -2.25. The molecule has 2 unspecified atom stereocenters. The summed E-state index contributed by atoms with van der Waals surface area (Å²) in [6.07, 6.45) is 3.13. The summed E-state index contributed by atoms with van der Waals surface area (Å²) in [5.74, 6) is -0.253. The van der Waals surface area contributed by atoms with Gasteiger partial charge in [0.05, 0.1) is 47.0 Å². The van der Waals surface area contributed by atoms with Crippen LogP contribution < -0.4 is 5.32 Å². The zero-order chi connectivity index (χ0) is 22.7. The molecule has 2 saturated heterocycles. The van der Waals surface area contributed by atoms with Gasteiger partial charge in [-0.05, 0) is 42.7 Å². The molecule has 7 nitrogen and oxygen atoms in total. The number of hydrogen-bond acceptors (Lipinski definition) is 7. The number of ether oxygens (including phenoxy) is 1. The number of imide groups is 1. The topological polar surface area (TPSA) is 84.4 Å². The van der Waals surface area contributed by atoms with Crippen LogP contribution >= 0.6 is 22.9 Å². The van der Waals surface area contributed by atoms with E-state index in [0.29, 0.717) is 24.6 Å². The Balaban J connectivity index is 1.38. The number of benzene rings is 1. The Morgan fingerprint density at radius 2 is 2.03 bits per heavy atom. The number of fused-ring (bicyclic) bond motifs is 2. The van der Waals surface area contributed by atoms with Crippen LogP contribution in [0.25, 0.3) is 21.5 Å². The van der Waals surface area contributed by atoms with Crippen LogP contribution in [0.1, 0.15) is 22.4 Å². The number of carbonyl (C=O) groups is 2. The minimum absolute atomic E-state index is 0.0393. The maximum atomic E-state index is 12.4. The average molecular weight is 483 g/mol. The van der Waals surface area contributed by atoms with E-state index >= 15 is 0 Å². The number of nitrogens with zero attached hydrogens (tertiary/aromatic N) is 3. The number of morpholine rings is 1. The first-order valence-electron chi connectivity index (χ1n) is 11.2. The number of aromatic nitrogens is 2. The fraction of sp³-hybridized carbons (Fsp3) is 0.417. The van der Waals surface area contributed by atoms with Gasteiger partial charge in [-0.25, -0.2) is 9.97 Å². The third-order valence-corrected chi connectivity index (χ3v) is 8.10. The first-order chi connectivity index (χ1) is 16.0. The second kappa shape index (κ2) is 8.13. The van der Waals surface area contributed by atoms with Crippen LogP contribution in [0.3, 0.4) is 0 Å². The molecule has 3 fully saturated rings. The van der Waals surface area contributed by atoms with Crippen LogP contribution in [0.2, 0.25) is 5.02 Å². The fourth-order valence-electron chi connectivity index (χ4n) is 4.97. The van der Waals surface area contributed by atoms with Crippen molar-refractivity contribution in [2.45, 2.75) is 32.4 Å². The molecular formula is C24H23ClN4O3S. The molecule has 1 N–H and O–H groups in total. The molecule has 3 aromatic rings. The van der Waals surface area contributed by atoms with Crippen molar-refractivity contribution in [3.8, 4) is 11.3 Å². The average Bonchev–Trinajstić information content (AvgIpc) is 3.44. The maximum Gasteiger partial charge on any atom is 0.233 e. The van der Waals surface area contributed by atoms with Gasteiger partial charge in [0.15, 0.2) is 0 Å². The minimum atomic E-state index is -0.0873. The number of rotatable bonds is 5. The third kappa shape index (κ3) is 3.75. The predicted octanol–water partition coefficient (Wildman–Crippen LogP) is 3.36. The number of hydrogen-bond donors (Lipinski definition) is 1. The van der Waals surface area contributed by atoms with Crippen molar-refractivity contribution in [3.63, 3.8) is 0 Å². The number of nitrogens with one attached hydrogen (secondary N) is 1. The van der Waals surface area contributed by atoms with Gasteiger partial charge in [-0.15, -0.1) is 11.3 Å². The van der Waals surface area contributed by atoms with Crippen LogP contribution in [0.4, 0.5) is 0 Å². The number of thiophene rings is 1. The van der Waals surface area contributed by atoms with E-state index in [9.17, 15) is 9.59 Å². The highest BCUT2D eigenvalue weighted by molar-refractivity contribution is 7.19. The van der Waals surface area contributed by atoms with Gasteiger partial charge in [-0.1, -0.05) is 11.6 Å². The smallest absolute Gasteiger partial charge is 0.233 e. The van der Waals surface area contributed by atoms with Gasteiger partial charge in [0.1, 0.15) is 6.33 Å². The molecule has 9 heteroatoms. The standard InChI is InChI=1S/C24H23ClN4O3S/c1-12-4-13(25)5-17(16(12)6-14-9-26-2-3-32-14)21-22-20(27-11-28-21)7-15(33-22)10-29-23(30)18-8-19(18)24(29)31/h4-5,7,11,14,18-19,26H,2-3,6,8-10H2,1H3/t14-,18?,19?/m0/s1. The molecule has 1 aliphatic carbocycles. The summed E-state index contributed by atoms with van der Waals surface area (Å²) in [6.45, 7) is 4.75. The van der Waals surface area contributed by atoms with E-state index in [2.05, 4.69) is 22.2 Å². The van der Waals surface area contributed by atoms with E-state index < -0.39 is 0 Å². The maximum absolute atomic E-state index is 12.4. The molecule has 1 aromatic carbocycles. The molecule has 170 valence electrons. The van der Waals surface area contributed by atoms with E-state index in [1.807, 2.05) is 18.2 Å². The van der Waals surface area contributed by atoms with Crippen LogP contribution in [0.5, 0.6) is 0 Å². The quantitative estimate of drug-likeness (QED) is 0.561. The van der Waals surface area contributed by atoms with Crippen molar-refractivity contribution in [1.29, 1.82) is 0 Å². The first-order valence-corrected chi connectivity index (χ1v) is 12.4. The summed E-state index contributed by atoms with van der Waals surface area (Å²) < 4.78 is 6.89. The highest BCUT2D eigenvalue weighted by Gasteiger charge is 2.58. The molecule has 0 radical (unpaired) electrons. The molecule has 0 bridgehead atoms. The molecule has 6 rings (SSSR count). The second-order valence-corrected chi connectivity index (χ2v) is 10.6. The lowest BCUT2D eigenvalue weighted by molar-refractivity contribution is -0.141. The van der Waals surface area contributed by atoms with Crippen LogP contribution in [-0.2, 0) is 27.3 Å².